The van der Waals surface area contributed by atoms with E-state index in [2.05, 4.69) is 50.2 Å². The summed E-state index contributed by atoms with van der Waals surface area (Å²) in [6.45, 7) is 8.37. The predicted molar refractivity (Wildman–Crippen MR) is 139 cm³/mol. The van der Waals surface area contributed by atoms with E-state index < -0.39 is 17.1 Å². The molecule has 6 nitrogen and oxygen atoms in total. The van der Waals surface area contributed by atoms with Gasteiger partial charge in [0.2, 0.25) is 5.91 Å². The van der Waals surface area contributed by atoms with Crippen molar-refractivity contribution in [2.75, 3.05) is 23.8 Å². The Morgan fingerprint density at radius 1 is 1.26 bits per heavy atom. The summed E-state index contributed by atoms with van der Waals surface area (Å²) in [5.41, 5.74) is 4.94. The molecule has 1 N–H and O–H groups in total. The van der Waals surface area contributed by atoms with Crippen LogP contribution in [0.15, 0.2) is 41.3 Å². The first-order valence-electron chi connectivity index (χ1n) is 11.2. The quantitative estimate of drug-likeness (QED) is 0.521. The van der Waals surface area contributed by atoms with Crippen LogP contribution in [-0.4, -0.2) is 41.1 Å². The highest BCUT2D eigenvalue weighted by atomic mass is 35.5. The molecule has 1 saturated heterocycles. The lowest BCUT2D eigenvalue weighted by atomic mass is 9.79. The molecule has 2 aromatic rings. The average molecular weight is 498 g/mol. The van der Waals surface area contributed by atoms with Gasteiger partial charge in [0.05, 0.1) is 4.91 Å². The molecule has 0 spiro atoms. The van der Waals surface area contributed by atoms with Crippen molar-refractivity contribution in [2.45, 2.75) is 45.6 Å². The highest BCUT2D eigenvalue weighted by molar-refractivity contribution is 8.18. The SMILES string of the molecule is Cc1cc2c(cc1/C=C1\SC(=O)N(CC(=O)Nc3cccc(Cl)c3)C1=O)[C@@H](C)CC(C)(C)N2C. The summed E-state index contributed by atoms with van der Waals surface area (Å²) in [7, 11) is 2.11. The number of carbonyl (C=O) groups excluding carboxylic acids is 3. The monoisotopic (exact) mass is 497 g/mol. The van der Waals surface area contributed by atoms with Crippen molar-refractivity contribution in [1.29, 1.82) is 0 Å². The Kier molecular flexibility index (Phi) is 6.53. The number of imide groups is 1. The van der Waals surface area contributed by atoms with E-state index in [0.29, 0.717) is 21.5 Å². The third kappa shape index (κ3) is 4.72. The van der Waals surface area contributed by atoms with E-state index in [1.165, 1.54) is 11.3 Å². The second kappa shape index (κ2) is 9.12. The summed E-state index contributed by atoms with van der Waals surface area (Å²) in [6.07, 6.45) is 2.79. The molecule has 4 rings (SSSR count). The van der Waals surface area contributed by atoms with E-state index in [0.717, 1.165) is 34.2 Å². The minimum Gasteiger partial charge on any atom is -0.369 e. The van der Waals surface area contributed by atoms with Crippen LogP contribution in [0.4, 0.5) is 16.2 Å². The molecule has 0 saturated carbocycles. The van der Waals surface area contributed by atoms with Crippen molar-refractivity contribution in [3.05, 3.63) is 63.0 Å². The molecular formula is C26H28ClN3O3S. The Morgan fingerprint density at radius 2 is 2.00 bits per heavy atom. The number of fused-ring (bicyclic) bond motifs is 1. The van der Waals surface area contributed by atoms with E-state index in [1.54, 1.807) is 30.3 Å². The Labute approximate surface area is 209 Å². The Balaban J connectivity index is 1.54. The van der Waals surface area contributed by atoms with Crippen molar-refractivity contribution >= 4 is 57.9 Å². The van der Waals surface area contributed by atoms with Crippen LogP contribution in [0.1, 0.15) is 49.8 Å². The van der Waals surface area contributed by atoms with Crippen molar-refractivity contribution in [1.82, 2.24) is 4.90 Å². The van der Waals surface area contributed by atoms with Crippen LogP contribution in [-0.2, 0) is 9.59 Å². The lowest BCUT2D eigenvalue weighted by molar-refractivity contribution is -0.127. The number of aryl methyl sites for hydroxylation is 1. The van der Waals surface area contributed by atoms with Crippen molar-refractivity contribution in [3.8, 4) is 0 Å². The number of nitrogens with zero attached hydrogens (tertiary/aromatic N) is 2. The minimum absolute atomic E-state index is 0.0642. The molecule has 2 aliphatic rings. The standard InChI is InChI=1S/C26H28ClN3O3S/c1-15-9-21-20(16(2)13-26(3,4)29(21)5)10-17(15)11-22-24(32)30(25(33)34-22)14-23(31)28-19-8-6-7-18(27)12-19/h6-12,16H,13-14H2,1-5H3,(H,28,31)/b22-11-/t16-/m0/s1. The highest BCUT2D eigenvalue weighted by Crippen LogP contribution is 2.44. The number of rotatable bonds is 4. The van der Waals surface area contributed by atoms with E-state index in [1.807, 2.05) is 6.92 Å². The molecule has 0 aromatic heterocycles. The number of anilines is 2. The van der Waals surface area contributed by atoms with E-state index in [9.17, 15) is 14.4 Å². The summed E-state index contributed by atoms with van der Waals surface area (Å²) < 4.78 is 0. The number of amides is 3. The zero-order chi connectivity index (χ0) is 24.8. The second-order valence-corrected chi connectivity index (χ2v) is 11.0. The maximum atomic E-state index is 13.0. The van der Waals surface area contributed by atoms with Gasteiger partial charge < -0.3 is 10.2 Å². The molecule has 2 aromatic carbocycles. The molecule has 0 bridgehead atoms. The molecule has 3 amide bonds. The van der Waals surface area contributed by atoms with Crippen molar-refractivity contribution in [3.63, 3.8) is 0 Å². The van der Waals surface area contributed by atoms with E-state index in [4.69, 9.17) is 11.6 Å². The topological polar surface area (TPSA) is 69.7 Å². The fourth-order valence-corrected chi connectivity index (χ4v) is 5.60. The van der Waals surface area contributed by atoms with Gasteiger partial charge in [-0.15, -0.1) is 0 Å². The Hall–Kier alpha value is -2.77. The maximum Gasteiger partial charge on any atom is 0.294 e. The first kappa shape index (κ1) is 24.4. The third-order valence-electron chi connectivity index (χ3n) is 6.59. The molecule has 34 heavy (non-hydrogen) atoms. The summed E-state index contributed by atoms with van der Waals surface area (Å²) >= 11 is 6.81. The van der Waals surface area contributed by atoms with Crippen LogP contribution in [0.3, 0.4) is 0 Å². The second-order valence-electron chi connectivity index (χ2n) is 9.57. The fourth-order valence-electron chi connectivity index (χ4n) is 4.58. The van der Waals surface area contributed by atoms with Gasteiger partial charge in [-0.3, -0.25) is 19.3 Å². The van der Waals surface area contributed by atoms with Gasteiger partial charge in [0.1, 0.15) is 6.54 Å². The summed E-state index contributed by atoms with van der Waals surface area (Å²) in [4.78, 5) is 41.5. The van der Waals surface area contributed by atoms with Crippen LogP contribution in [0.5, 0.6) is 0 Å². The molecule has 0 unspecified atom stereocenters. The number of carbonyl (C=O) groups is 3. The summed E-state index contributed by atoms with van der Waals surface area (Å²) in [5.74, 6) is -0.547. The van der Waals surface area contributed by atoms with Gasteiger partial charge in [-0.05, 0) is 98.0 Å². The Bertz CT molecular complexity index is 1220. The van der Waals surface area contributed by atoms with Gasteiger partial charge in [-0.1, -0.05) is 24.6 Å². The molecular weight excluding hydrogens is 470 g/mol. The first-order chi connectivity index (χ1) is 16.0. The molecule has 2 aliphatic heterocycles. The largest absolute Gasteiger partial charge is 0.369 e. The van der Waals surface area contributed by atoms with Crippen LogP contribution < -0.4 is 10.2 Å². The van der Waals surface area contributed by atoms with Gasteiger partial charge in [-0.2, -0.15) is 0 Å². The average Bonchev–Trinajstić information content (AvgIpc) is 3.00. The van der Waals surface area contributed by atoms with Gasteiger partial charge in [-0.25, -0.2) is 0 Å². The van der Waals surface area contributed by atoms with Crippen LogP contribution in [0.2, 0.25) is 5.02 Å². The van der Waals surface area contributed by atoms with Crippen LogP contribution in [0, 0.1) is 6.92 Å². The maximum absolute atomic E-state index is 13.0. The van der Waals surface area contributed by atoms with E-state index in [-0.39, 0.29) is 12.1 Å². The first-order valence-corrected chi connectivity index (χ1v) is 12.3. The fraction of sp³-hybridized carbons (Fsp3) is 0.346. The summed E-state index contributed by atoms with van der Waals surface area (Å²) in [5, 5.41) is 2.70. The number of hydrogen-bond acceptors (Lipinski definition) is 5. The van der Waals surface area contributed by atoms with Crippen LogP contribution >= 0.6 is 23.4 Å². The number of halogens is 1. The lowest BCUT2D eigenvalue weighted by Gasteiger charge is -2.45. The molecule has 1 atom stereocenters. The highest BCUT2D eigenvalue weighted by Gasteiger charge is 2.37. The molecule has 178 valence electrons. The van der Waals surface area contributed by atoms with Gasteiger partial charge in [0.25, 0.3) is 11.1 Å². The molecule has 0 radical (unpaired) electrons. The molecule has 0 aliphatic carbocycles. The predicted octanol–water partition coefficient (Wildman–Crippen LogP) is 6.05. The van der Waals surface area contributed by atoms with E-state index >= 15 is 0 Å². The number of thioether (sulfide) groups is 1. The number of benzene rings is 2. The zero-order valence-electron chi connectivity index (χ0n) is 19.9. The molecule has 1 fully saturated rings. The van der Waals surface area contributed by atoms with Gasteiger partial charge in [0, 0.05) is 29.0 Å². The zero-order valence-corrected chi connectivity index (χ0v) is 21.5. The van der Waals surface area contributed by atoms with Crippen molar-refractivity contribution in [2.24, 2.45) is 0 Å². The molecule has 2 heterocycles. The smallest absolute Gasteiger partial charge is 0.294 e. The number of nitrogens with one attached hydrogen (secondary N) is 1. The lowest BCUT2D eigenvalue weighted by Crippen LogP contribution is -2.45. The molecule has 8 heteroatoms. The normalized spacial score (nSPS) is 20.6. The van der Waals surface area contributed by atoms with Gasteiger partial charge >= 0.3 is 0 Å². The third-order valence-corrected chi connectivity index (χ3v) is 7.73. The van der Waals surface area contributed by atoms with Gasteiger partial charge in [0.15, 0.2) is 0 Å². The minimum atomic E-state index is -0.463. The van der Waals surface area contributed by atoms with Crippen molar-refractivity contribution < 1.29 is 14.4 Å². The van der Waals surface area contributed by atoms with Crippen LogP contribution in [0.25, 0.3) is 6.08 Å². The summed E-state index contributed by atoms with van der Waals surface area (Å²) in [6, 6.07) is 11.0. The number of hydrogen-bond donors (Lipinski definition) is 1. The Morgan fingerprint density at radius 3 is 2.71 bits per heavy atom.